The number of halogens is 1. The van der Waals surface area contributed by atoms with E-state index < -0.39 is 0 Å². The summed E-state index contributed by atoms with van der Waals surface area (Å²) in [6, 6.07) is 0. The smallest absolute Gasteiger partial charge is 0.0404 e. The molecule has 1 nitrogen and oxygen atoms in total. The van der Waals surface area contributed by atoms with Crippen molar-refractivity contribution in [2.24, 2.45) is 0 Å². The van der Waals surface area contributed by atoms with Gasteiger partial charge in [-0.05, 0) is 26.2 Å². The van der Waals surface area contributed by atoms with Crippen LogP contribution in [0.3, 0.4) is 0 Å². The van der Waals surface area contributed by atoms with Crippen molar-refractivity contribution in [1.82, 2.24) is 5.32 Å². The van der Waals surface area contributed by atoms with Crippen molar-refractivity contribution in [3.63, 3.8) is 0 Å². The Morgan fingerprint density at radius 2 is 2.18 bits per heavy atom. The Morgan fingerprint density at radius 3 is 2.64 bits per heavy atom. The number of rotatable bonds is 4. The predicted octanol–water partition coefficient (Wildman–Crippen LogP) is 2.31. The molecule has 0 aliphatic heterocycles. The molecular weight excluding hydrogens is 158 g/mol. The molecule has 0 amide bonds. The van der Waals surface area contributed by atoms with Crippen molar-refractivity contribution in [1.29, 1.82) is 0 Å². The van der Waals surface area contributed by atoms with Crippen LogP contribution in [0.25, 0.3) is 0 Å². The molecule has 0 spiro atoms. The molecule has 1 saturated carbocycles. The van der Waals surface area contributed by atoms with E-state index in [1.54, 1.807) is 0 Å². The molecular formula is C9H16ClN. The molecule has 1 rings (SSSR count). The Balaban J connectivity index is 2.06. The number of hydrogen-bond acceptors (Lipinski definition) is 1. The maximum atomic E-state index is 5.48. The van der Waals surface area contributed by atoms with Crippen molar-refractivity contribution in [2.45, 2.75) is 31.7 Å². The second kappa shape index (κ2) is 4.13. The summed E-state index contributed by atoms with van der Waals surface area (Å²) < 4.78 is 0. The summed E-state index contributed by atoms with van der Waals surface area (Å²) in [5.74, 6) is 0.623. The average Bonchev–Trinajstić information content (AvgIpc) is 1.95. The van der Waals surface area contributed by atoms with Gasteiger partial charge in [-0.3, -0.25) is 0 Å². The molecule has 0 aromatic carbocycles. The molecule has 1 N–H and O–H groups in total. The predicted molar refractivity (Wildman–Crippen MR) is 50.1 cm³/mol. The normalized spacial score (nSPS) is 22.0. The van der Waals surface area contributed by atoms with Gasteiger partial charge in [0.2, 0.25) is 0 Å². The number of allylic oxidation sites excluding steroid dienone is 1. The summed E-state index contributed by atoms with van der Waals surface area (Å²) in [6.45, 7) is 3.24. The second-order valence-electron chi connectivity index (χ2n) is 3.42. The third-order valence-corrected chi connectivity index (χ3v) is 2.54. The van der Waals surface area contributed by atoms with Crippen LogP contribution >= 0.6 is 11.6 Å². The fourth-order valence-corrected chi connectivity index (χ4v) is 1.46. The van der Waals surface area contributed by atoms with Gasteiger partial charge in [-0.1, -0.05) is 12.2 Å². The van der Waals surface area contributed by atoms with E-state index in [1.807, 2.05) is 6.08 Å². The molecule has 11 heavy (non-hydrogen) atoms. The molecule has 0 heterocycles. The maximum Gasteiger partial charge on any atom is 0.0404 e. The fraction of sp³-hybridized carbons (Fsp3) is 0.778. The van der Waals surface area contributed by atoms with Crippen LogP contribution in [0.1, 0.15) is 26.2 Å². The van der Waals surface area contributed by atoms with Gasteiger partial charge in [-0.2, -0.15) is 0 Å². The van der Waals surface area contributed by atoms with Gasteiger partial charge in [0.15, 0.2) is 0 Å². The number of nitrogens with one attached hydrogen (secondary N) is 1. The zero-order valence-electron chi connectivity index (χ0n) is 7.07. The highest BCUT2D eigenvalue weighted by atomic mass is 35.5. The lowest BCUT2D eigenvalue weighted by atomic mass is 9.78. The Labute approximate surface area is 73.8 Å². The SMILES string of the molecule is CC1(NC/C=C/CCl)CCC1. The van der Waals surface area contributed by atoms with Crippen LogP contribution < -0.4 is 5.32 Å². The van der Waals surface area contributed by atoms with Crippen molar-refractivity contribution in [3.8, 4) is 0 Å². The zero-order chi connectivity index (χ0) is 8.16. The summed E-state index contributed by atoms with van der Waals surface area (Å²) in [6.07, 6.45) is 8.10. The van der Waals surface area contributed by atoms with Crippen LogP contribution in [-0.2, 0) is 0 Å². The summed E-state index contributed by atoms with van der Waals surface area (Å²) in [5.41, 5.74) is 0.427. The number of alkyl halides is 1. The molecule has 0 atom stereocenters. The lowest BCUT2D eigenvalue weighted by molar-refractivity contribution is 0.217. The lowest BCUT2D eigenvalue weighted by Crippen LogP contribution is -2.48. The topological polar surface area (TPSA) is 12.0 Å². The quantitative estimate of drug-likeness (QED) is 0.508. The van der Waals surface area contributed by atoms with E-state index in [9.17, 15) is 0 Å². The Bertz CT molecular complexity index is 138. The van der Waals surface area contributed by atoms with Crippen molar-refractivity contribution in [2.75, 3.05) is 12.4 Å². The zero-order valence-corrected chi connectivity index (χ0v) is 7.82. The van der Waals surface area contributed by atoms with E-state index in [2.05, 4.69) is 18.3 Å². The number of hydrogen-bond donors (Lipinski definition) is 1. The van der Waals surface area contributed by atoms with Crippen molar-refractivity contribution < 1.29 is 0 Å². The monoisotopic (exact) mass is 173 g/mol. The highest BCUT2D eigenvalue weighted by Gasteiger charge is 2.29. The molecule has 0 aromatic rings. The summed E-state index contributed by atoms with van der Waals surface area (Å²) in [7, 11) is 0. The Hall–Kier alpha value is -0.0100. The van der Waals surface area contributed by atoms with Crippen LogP contribution in [0.15, 0.2) is 12.2 Å². The molecule has 1 fully saturated rings. The van der Waals surface area contributed by atoms with Gasteiger partial charge in [-0.15, -0.1) is 11.6 Å². The van der Waals surface area contributed by atoms with Gasteiger partial charge in [0, 0.05) is 18.0 Å². The largest absolute Gasteiger partial charge is 0.308 e. The van der Waals surface area contributed by atoms with Gasteiger partial charge < -0.3 is 5.32 Å². The molecule has 2 heteroatoms. The second-order valence-corrected chi connectivity index (χ2v) is 3.73. The maximum absolute atomic E-state index is 5.48. The molecule has 0 aromatic heterocycles. The van der Waals surface area contributed by atoms with Gasteiger partial charge >= 0.3 is 0 Å². The first-order chi connectivity index (χ1) is 5.27. The minimum Gasteiger partial charge on any atom is -0.308 e. The van der Waals surface area contributed by atoms with Crippen LogP contribution in [0.4, 0.5) is 0 Å². The molecule has 0 saturated heterocycles. The van der Waals surface area contributed by atoms with Crippen LogP contribution in [0, 0.1) is 0 Å². The average molecular weight is 174 g/mol. The molecule has 1 aliphatic carbocycles. The molecule has 64 valence electrons. The van der Waals surface area contributed by atoms with E-state index >= 15 is 0 Å². The van der Waals surface area contributed by atoms with E-state index in [0.717, 1.165) is 6.54 Å². The first kappa shape index (κ1) is 9.08. The van der Waals surface area contributed by atoms with Crippen LogP contribution in [-0.4, -0.2) is 18.0 Å². The van der Waals surface area contributed by atoms with E-state index in [4.69, 9.17) is 11.6 Å². The van der Waals surface area contributed by atoms with Crippen molar-refractivity contribution in [3.05, 3.63) is 12.2 Å². The van der Waals surface area contributed by atoms with E-state index in [1.165, 1.54) is 19.3 Å². The standard InChI is InChI=1S/C9H16ClN/c1-9(5-4-6-9)11-8-3-2-7-10/h2-3,11H,4-8H2,1H3/b3-2+. The third-order valence-electron chi connectivity index (χ3n) is 2.36. The Kier molecular flexibility index (Phi) is 3.41. The summed E-state index contributed by atoms with van der Waals surface area (Å²) in [5, 5.41) is 3.48. The van der Waals surface area contributed by atoms with Gasteiger partial charge in [-0.25, -0.2) is 0 Å². The van der Waals surface area contributed by atoms with Gasteiger partial charge in [0.05, 0.1) is 0 Å². The van der Waals surface area contributed by atoms with Gasteiger partial charge in [0.25, 0.3) is 0 Å². The highest BCUT2D eigenvalue weighted by Crippen LogP contribution is 2.30. The molecule has 0 radical (unpaired) electrons. The summed E-state index contributed by atoms with van der Waals surface area (Å²) in [4.78, 5) is 0. The van der Waals surface area contributed by atoms with E-state index in [0.29, 0.717) is 11.4 Å². The molecule has 0 unspecified atom stereocenters. The third kappa shape index (κ3) is 2.84. The first-order valence-corrected chi connectivity index (χ1v) is 4.76. The fourth-order valence-electron chi connectivity index (χ4n) is 1.34. The molecule has 0 bridgehead atoms. The molecule has 1 aliphatic rings. The Morgan fingerprint density at radius 1 is 1.45 bits per heavy atom. The minimum atomic E-state index is 0.427. The van der Waals surface area contributed by atoms with Gasteiger partial charge in [0.1, 0.15) is 0 Å². The van der Waals surface area contributed by atoms with Crippen LogP contribution in [0.5, 0.6) is 0 Å². The van der Waals surface area contributed by atoms with Crippen LogP contribution in [0.2, 0.25) is 0 Å². The van der Waals surface area contributed by atoms with E-state index in [-0.39, 0.29) is 0 Å². The first-order valence-electron chi connectivity index (χ1n) is 4.23. The minimum absolute atomic E-state index is 0.427. The van der Waals surface area contributed by atoms with Crippen molar-refractivity contribution >= 4 is 11.6 Å². The summed E-state index contributed by atoms with van der Waals surface area (Å²) >= 11 is 5.48. The lowest BCUT2D eigenvalue weighted by Gasteiger charge is -2.39. The highest BCUT2D eigenvalue weighted by molar-refractivity contribution is 6.18.